The van der Waals surface area contributed by atoms with Crippen molar-refractivity contribution in [2.24, 2.45) is 0 Å². The molecule has 1 aromatic carbocycles. The predicted octanol–water partition coefficient (Wildman–Crippen LogP) is 3.05. The molecule has 1 aliphatic rings. The molecule has 0 saturated heterocycles. The molecule has 2 rings (SSSR count). The van der Waals surface area contributed by atoms with Gasteiger partial charge in [0.2, 0.25) is 5.91 Å². The van der Waals surface area contributed by atoms with E-state index in [2.05, 4.69) is 46.9 Å². The summed E-state index contributed by atoms with van der Waals surface area (Å²) in [5.41, 5.74) is 2.05. The van der Waals surface area contributed by atoms with Crippen LogP contribution in [0, 0.1) is 6.92 Å². The van der Waals surface area contributed by atoms with Crippen LogP contribution in [-0.2, 0) is 10.2 Å². The number of amides is 1. The Hall–Kier alpha value is -1.09. The van der Waals surface area contributed by atoms with E-state index in [0.717, 1.165) is 22.9 Å². The van der Waals surface area contributed by atoms with E-state index in [1.54, 1.807) is 0 Å². The molecule has 1 N–H and O–H groups in total. The van der Waals surface area contributed by atoms with Gasteiger partial charge in [0.15, 0.2) is 0 Å². The predicted molar refractivity (Wildman–Crippen MR) is 73.2 cm³/mol. The van der Waals surface area contributed by atoms with E-state index >= 15 is 0 Å². The molecular weight excluding hydrogens is 278 g/mol. The Balaban J connectivity index is 2.14. The van der Waals surface area contributed by atoms with Gasteiger partial charge < -0.3 is 5.32 Å². The molecule has 3 heteroatoms. The maximum absolute atomic E-state index is 12.2. The largest absolute Gasteiger partial charge is 0.351 e. The Bertz CT molecular complexity index is 463. The van der Waals surface area contributed by atoms with Crippen LogP contribution in [0.15, 0.2) is 35.3 Å². The first kappa shape index (κ1) is 12.4. The van der Waals surface area contributed by atoms with Crippen molar-refractivity contribution in [3.05, 3.63) is 46.5 Å². The smallest absolute Gasteiger partial charge is 0.230 e. The highest BCUT2D eigenvalue weighted by Gasteiger charge is 2.51. The zero-order chi connectivity index (χ0) is 12.5. The van der Waals surface area contributed by atoms with Crippen LogP contribution < -0.4 is 5.32 Å². The zero-order valence-corrected chi connectivity index (χ0v) is 11.5. The van der Waals surface area contributed by atoms with Gasteiger partial charge in [0.25, 0.3) is 0 Å². The van der Waals surface area contributed by atoms with Crippen LogP contribution in [0.1, 0.15) is 24.0 Å². The van der Waals surface area contributed by atoms with Crippen LogP contribution in [0.4, 0.5) is 0 Å². The van der Waals surface area contributed by atoms with E-state index in [0.29, 0.717) is 6.54 Å². The second-order valence-corrected chi connectivity index (χ2v) is 5.77. The quantitative estimate of drug-likeness (QED) is 0.908. The maximum atomic E-state index is 12.2. The molecule has 0 aliphatic heterocycles. The summed E-state index contributed by atoms with van der Waals surface area (Å²) in [6, 6.07) is 8.22. The van der Waals surface area contributed by atoms with Crippen molar-refractivity contribution in [3.63, 3.8) is 0 Å². The van der Waals surface area contributed by atoms with Crippen molar-refractivity contribution < 1.29 is 4.79 Å². The van der Waals surface area contributed by atoms with Crippen LogP contribution in [-0.4, -0.2) is 12.5 Å². The fourth-order valence-corrected chi connectivity index (χ4v) is 2.20. The molecule has 90 valence electrons. The SMILES string of the molecule is C=C(Br)CNC(=O)C1(c2cccc(C)c2)CC1. The second-order valence-electron chi connectivity index (χ2n) is 4.65. The van der Waals surface area contributed by atoms with E-state index in [4.69, 9.17) is 0 Å². The van der Waals surface area contributed by atoms with Gasteiger partial charge in [-0.3, -0.25) is 4.79 Å². The minimum atomic E-state index is -0.283. The van der Waals surface area contributed by atoms with Crippen molar-refractivity contribution >= 4 is 21.8 Å². The Morgan fingerprint density at radius 1 is 1.53 bits per heavy atom. The number of carbonyl (C=O) groups is 1. The topological polar surface area (TPSA) is 29.1 Å². The molecule has 1 fully saturated rings. The van der Waals surface area contributed by atoms with Crippen molar-refractivity contribution in [1.29, 1.82) is 0 Å². The fraction of sp³-hybridized carbons (Fsp3) is 0.357. The standard InChI is InChI=1S/C14H16BrNO/c1-10-4-3-5-12(8-10)14(6-7-14)13(17)16-9-11(2)15/h3-5,8H,2,6-7,9H2,1H3,(H,16,17). The maximum Gasteiger partial charge on any atom is 0.230 e. The Labute approximate surface area is 110 Å². The lowest BCUT2D eigenvalue weighted by molar-refractivity contribution is -0.123. The monoisotopic (exact) mass is 293 g/mol. The molecule has 0 aromatic heterocycles. The van der Waals surface area contributed by atoms with Gasteiger partial charge in [-0.05, 0) is 25.3 Å². The van der Waals surface area contributed by atoms with Gasteiger partial charge in [-0.2, -0.15) is 0 Å². The van der Waals surface area contributed by atoms with Gasteiger partial charge in [0, 0.05) is 11.0 Å². The highest BCUT2D eigenvalue weighted by molar-refractivity contribution is 9.11. The Morgan fingerprint density at radius 3 is 2.76 bits per heavy atom. The van der Waals surface area contributed by atoms with E-state index < -0.39 is 0 Å². The van der Waals surface area contributed by atoms with Crippen LogP contribution >= 0.6 is 15.9 Å². The first-order valence-corrected chi connectivity index (χ1v) is 6.53. The number of rotatable bonds is 4. The molecule has 0 spiro atoms. The molecular formula is C14H16BrNO. The molecule has 17 heavy (non-hydrogen) atoms. The number of hydrogen-bond donors (Lipinski definition) is 1. The summed E-state index contributed by atoms with van der Waals surface area (Å²) in [6.07, 6.45) is 1.88. The number of nitrogens with one attached hydrogen (secondary N) is 1. The minimum Gasteiger partial charge on any atom is -0.351 e. The number of aryl methyl sites for hydroxylation is 1. The molecule has 1 aliphatic carbocycles. The fourth-order valence-electron chi connectivity index (χ4n) is 2.06. The average Bonchev–Trinajstić information content (AvgIpc) is 3.07. The minimum absolute atomic E-state index is 0.115. The molecule has 2 nitrogen and oxygen atoms in total. The molecule has 1 saturated carbocycles. The third-order valence-corrected chi connectivity index (χ3v) is 3.48. The zero-order valence-electron chi connectivity index (χ0n) is 9.92. The normalized spacial score (nSPS) is 16.4. The number of halogens is 1. The molecule has 0 radical (unpaired) electrons. The number of hydrogen-bond acceptors (Lipinski definition) is 1. The van der Waals surface area contributed by atoms with Crippen LogP contribution in [0.5, 0.6) is 0 Å². The first-order chi connectivity index (χ1) is 8.04. The molecule has 1 amide bonds. The Kier molecular flexibility index (Phi) is 3.38. The van der Waals surface area contributed by atoms with E-state index in [1.807, 2.05) is 12.1 Å². The molecule has 0 unspecified atom stereocenters. The van der Waals surface area contributed by atoms with Gasteiger partial charge in [-0.25, -0.2) is 0 Å². The lowest BCUT2D eigenvalue weighted by Gasteiger charge is -2.16. The Morgan fingerprint density at radius 2 is 2.24 bits per heavy atom. The summed E-state index contributed by atoms with van der Waals surface area (Å²) < 4.78 is 0.797. The van der Waals surface area contributed by atoms with Crippen molar-refractivity contribution in [3.8, 4) is 0 Å². The lowest BCUT2D eigenvalue weighted by atomic mass is 9.93. The highest BCUT2D eigenvalue weighted by atomic mass is 79.9. The lowest BCUT2D eigenvalue weighted by Crippen LogP contribution is -2.35. The van der Waals surface area contributed by atoms with Gasteiger partial charge in [0.1, 0.15) is 0 Å². The third kappa shape index (κ3) is 2.60. The second kappa shape index (κ2) is 4.65. The molecule has 1 aromatic rings. The average molecular weight is 294 g/mol. The molecule has 0 atom stereocenters. The van der Waals surface area contributed by atoms with Gasteiger partial charge >= 0.3 is 0 Å². The number of carbonyl (C=O) groups excluding carboxylic acids is 1. The van der Waals surface area contributed by atoms with Gasteiger partial charge in [-0.1, -0.05) is 52.3 Å². The highest BCUT2D eigenvalue weighted by Crippen LogP contribution is 2.48. The summed E-state index contributed by atoms with van der Waals surface area (Å²) >= 11 is 3.25. The van der Waals surface area contributed by atoms with Crippen LogP contribution in [0.25, 0.3) is 0 Å². The van der Waals surface area contributed by atoms with Gasteiger partial charge in [-0.15, -0.1) is 0 Å². The van der Waals surface area contributed by atoms with E-state index in [-0.39, 0.29) is 11.3 Å². The van der Waals surface area contributed by atoms with E-state index in [9.17, 15) is 4.79 Å². The summed E-state index contributed by atoms with van der Waals surface area (Å²) in [5, 5.41) is 2.92. The van der Waals surface area contributed by atoms with E-state index in [1.165, 1.54) is 5.56 Å². The molecule has 0 bridgehead atoms. The third-order valence-electron chi connectivity index (χ3n) is 3.20. The number of benzene rings is 1. The van der Waals surface area contributed by atoms with Crippen LogP contribution in [0.2, 0.25) is 0 Å². The molecule has 0 heterocycles. The van der Waals surface area contributed by atoms with Gasteiger partial charge in [0.05, 0.1) is 5.41 Å². The first-order valence-electron chi connectivity index (χ1n) is 5.73. The van der Waals surface area contributed by atoms with Crippen molar-refractivity contribution in [2.45, 2.75) is 25.2 Å². The summed E-state index contributed by atoms with van der Waals surface area (Å²) in [5.74, 6) is 0.115. The van der Waals surface area contributed by atoms with Crippen molar-refractivity contribution in [2.75, 3.05) is 6.54 Å². The summed E-state index contributed by atoms with van der Waals surface area (Å²) in [7, 11) is 0. The van der Waals surface area contributed by atoms with Crippen LogP contribution in [0.3, 0.4) is 0 Å². The summed E-state index contributed by atoms with van der Waals surface area (Å²) in [4.78, 5) is 12.2. The summed E-state index contributed by atoms with van der Waals surface area (Å²) in [6.45, 7) is 6.26. The van der Waals surface area contributed by atoms with Crippen molar-refractivity contribution in [1.82, 2.24) is 5.32 Å².